The van der Waals surface area contributed by atoms with Crippen LogP contribution >= 0.6 is 0 Å². The van der Waals surface area contributed by atoms with E-state index >= 15 is 0 Å². The number of urea groups is 1. The molecular weight excluding hydrogens is 284 g/mol. The number of rotatable bonds is 5. The van der Waals surface area contributed by atoms with Gasteiger partial charge >= 0.3 is 6.03 Å². The molecule has 1 aromatic rings. The van der Waals surface area contributed by atoms with Crippen molar-refractivity contribution in [1.82, 2.24) is 10.6 Å². The zero-order valence-electron chi connectivity index (χ0n) is 12.6. The molecule has 1 aromatic carbocycles. The number of benzene rings is 1. The number of imide groups is 1. The molecule has 22 heavy (non-hydrogen) atoms. The summed E-state index contributed by atoms with van der Waals surface area (Å²) in [5.74, 6) is -0.212. The SMILES string of the molecule is CNC(=O)NC(=O)C(C)Nc1ccc(NC(=O)C2CC2)cc1. The second-order valence-electron chi connectivity index (χ2n) is 5.28. The molecule has 0 aliphatic heterocycles. The zero-order chi connectivity index (χ0) is 16.1. The average molecular weight is 304 g/mol. The van der Waals surface area contributed by atoms with Gasteiger partial charge in [0.05, 0.1) is 0 Å². The van der Waals surface area contributed by atoms with Crippen LogP contribution in [0.2, 0.25) is 0 Å². The second kappa shape index (κ2) is 6.93. The Bertz CT molecular complexity index is 567. The molecule has 0 radical (unpaired) electrons. The first-order chi connectivity index (χ1) is 10.5. The molecule has 1 saturated carbocycles. The highest BCUT2D eigenvalue weighted by molar-refractivity contribution is 5.98. The van der Waals surface area contributed by atoms with Crippen LogP contribution in [-0.4, -0.2) is 30.9 Å². The maximum Gasteiger partial charge on any atom is 0.321 e. The van der Waals surface area contributed by atoms with Gasteiger partial charge in [0.15, 0.2) is 0 Å². The summed E-state index contributed by atoms with van der Waals surface area (Å²) in [6, 6.07) is 5.97. The van der Waals surface area contributed by atoms with Crippen molar-refractivity contribution < 1.29 is 14.4 Å². The summed E-state index contributed by atoms with van der Waals surface area (Å²) < 4.78 is 0. The zero-order valence-corrected chi connectivity index (χ0v) is 12.6. The van der Waals surface area contributed by atoms with Crippen molar-refractivity contribution in [2.75, 3.05) is 17.7 Å². The lowest BCUT2D eigenvalue weighted by Crippen LogP contribution is -2.44. The van der Waals surface area contributed by atoms with Crippen molar-refractivity contribution in [3.8, 4) is 0 Å². The molecule has 1 atom stereocenters. The van der Waals surface area contributed by atoms with Crippen molar-refractivity contribution >= 4 is 29.2 Å². The van der Waals surface area contributed by atoms with Gasteiger partial charge in [0.2, 0.25) is 11.8 Å². The standard InChI is InChI=1S/C15H20N4O3/c1-9(13(20)19-15(22)16-2)17-11-5-7-12(8-6-11)18-14(21)10-3-4-10/h5-10,17H,3-4H2,1-2H3,(H,18,21)(H2,16,19,20,22). The fraction of sp³-hybridized carbons (Fsp3) is 0.400. The topological polar surface area (TPSA) is 99.3 Å². The molecule has 1 aliphatic rings. The molecule has 7 nitrogen and oxygen atoms in total. The van der Waals surface area contributed by atoms with Crippen LogP contribution < -0.4 is 21.3 Å². The quantitative estimate of drug-likeness (QED) is 0.658. The van der Waals surface area contributed by atoms with Crippen molar-refractivity contribution in [3.63, 3.8) is 0 Å². The van der Waals surface area contributed by atoms with Crippen LogP contribution in [0.15, 0.2) is 24.3 Å². The molecule has 2 rings (SSSR count). The monoisotopic (exact) mass is 304 g/mol. The predicted molar refractivity (Wildman–Crippen MR) is 83.5 cm³/mol. The van der Waals surface area contributed by atoms with Gasteiger partial charge < -0.3 is 16.0 Å². The summed E-state index contributed by atoms with van der Waals surface area (Å²) in [5.41, 5.74) is 1.45. The molecule has 1 fully saturated rings. The van der Waals surface area contributed by atoms with Gasteiger partial charge in [0.25, 0.3) is 0 Å². The highest BCUT2D eigenvalue weighted by Gasteiger charge is 2.29. The largest absolute Gasteiger partial charge is 0.374 e. The van der Waals surface area contributed by atoms with E-state index in [0.29, 0.717) is 0 Å². The number of amides is 4. The number of carbonyl (C=O) groups is 3. The average Bonchev–Trinajstić information content (AvgIpc) is 3.33. The van der Waals surface area contributed by atoms with E-state index in [1.165, 1.54) is 7.05 Å². The first-order valence-electron chi connectivity index (χ1n) is 7.19. The number of nitrogens with one attached hydrogen (secondary N) is 4. The maximum absolute atomic E-state index is 11.7. The molecule has 0 spiro atoms. The van der Waals surface area contributed by atoms with Gasteiger partial charge in [-0.2, -0.15) is 0 Å². The molecule has 0 saturated heterocycles. The molecule has 1 unspecified atom stereocenters. The van der Waals surface area contributed by atoms with Crippen LogP contribution in [0, 0.1) is 5.92 Å². The molecule has 0 aromatic heterocycles. The van der Waals surface area contributed by atoms with Crippen molar-refractivity contribution in [3.05, 3.63) is 24.3 Å². The smallest absolute Gasteiger partial charge is 0.321 e. The van der Waals surface area contributed by atoms with Gasteiger partial charge in [0, 0.05) is 24.3 Å². The van der Waals surface area contributed by atoms with Crippen molar-refractivity contribution in [1.29, 1.82) is 0 Å². The Morgan fingerprint density at radius 2 is 1.68 bits per heavy atom. The molecule has 1 aliphatic carbocycles. The Hall–Kier alpha value is -2.57. The fourth-order valence-corrected chi connectivity index (χ4v) is 1.84. The van der Waals surface area contributed by atoms with Crippen LogP contribution in [-0.2, 0) is 9.59 Å². The highest BCUT2D eigenvalue weighted by Crippen LogP contribution is 2.30. The lowest BCUT2D eigenvalue weighted by molar-refractivity contribution is -0.120. The number of carbonyl (C=O) groups excluding carboxylic acids is 3. The van der Waals surface area contributed by atoms with E-state index in [1.54, 1.807) is 31.2 Å². The van der Waals surface area contributed by atoms with Crippen molar-refractivity contribution in [2.24, 2.45) is 5.92 Å². The molecular formula is C15H20N4O3. The van der Waals surface area contributed by atoms with E-state index in [9.17, 15) is 14.4 Å². The molecule has 7 heteroatoms. The van der Waals surface area contributed by atoms with Crippen LogP contribution in [0.3, 0.4) is 0 Å². The van der Waals surface area contributed by atoms with E-state index in [4.69, 9.17) is 0 Å². The molecule has 0 heterocycles. The third kappa shape index (κ3) is 4.47. The summed E-state index contributed by atoms with van der Waals surface area (Å²) in [5, 5.41) is 10.3. The Balaban J connectivity index is 1.85. The Kier molecular flexibility index (Phi) is 4.98. The van der Waals surface area contributed by atoms with Crippen molar-refractivity contribution in [2.45, 2.75) is 25.8 Å². The van der Waals surface area contributed by atoms with E-state index in [0.717, 1.165) is 24.2 Å². The normalized spacial score (nSPS) is 14.6. The Morgan fingerprint density at radius 3 is 2.23 bits per heavy atom. The van der Waals surface area contributed by atoms with Crippen LogP contribution in [0.5, 0.6) is 0 Å². The van der Waals surface area contributed by atoms with Crippen LogP contribution in [0.1, 0.15) is 19.8 Å². The summed E-state index contributed by atoms with van der Waals surface area (Å²) in [7, 11) is 1.44. The van der Waals surface area contributed by atoms with Gasteiger partial charge in [-0.05, 0) is 44.0 Å². The lowest BCUT2D eigenvalue weighted by atomic mass is 10.2. The summed E-state index contributed by atoms with van der Waals surface area (Å²) >= 11 is 0. The first kappa shape index (κ1) is 15.8. The van der Waals surface area contributed by atoms with Gasteiger partial charge in [-0.15, -0.1) is 0 Å². The lowest BCUT2D eigenvalue weighted by Gasteiger charge is -2.15. The Morgan fingerprint density at radius 1 is 1.09 bits per heavy atom. The van der Waals surface area contributed by atoms with Gasteiger partial charge in [-0.25, -0.2) is 4.79 Å². The molecule has 0 bridgehead atoms. The minimum absolute atomic E-state index is 0.0547. The molecule has 4 N–H and O–H groups in total. The fourth-order valence-electron chi connectivity index (χ4n) is 1.84. The van der Waals surface area contributed by atoms with Gasteiger partial charge in [-0.1, -0.05) is 0 Å². The third-order valence-electron chi connectivity index (χ3n) is 3.34. The highest BCUT2D eigenvalue weighted by atomic mass is 16.2. The molecule has 118 valence electrons. The van der Waals surface area contributed by atoms with Crippen LogP contribution in [0.25, 0.3) is 0 Å². The maximum atomic E-state index is 11.7. The van der Waals surface area contributed by atoms with Gasteiger partial charge in [-0.3, -0.25) is 14.9 Å². The predicted octanol–water partition coefficient (Wildman–Crippen LogP) is 1.29. The minimum atomic E-state index is -0.566. The van der Waals surface area contributed by atoms with Crippen LogP contribution in [0.4, 0.5) is 16.2 Å². The summed E-state index contributed by atoms with van der Waals surface area (Å²) in [6.45, 7) is 1.65. The number of hydrogen-bond donors (Lipinski definition) is 4. The molecule has 4 amide bonds. The summed E-state index contributed by atoms with van der Waals surface area (Å²) in [4.78, 5) is 34.4. The summed E-state index contributed by atoms with van der Waals surface area (Å²) in [6.07, 6.45) is 1.92. The van der Waals surface area contributed by atoms with E-state index < -0.39 is 18.0 Å². The second-order valence-corrected chi connectivity index (χ2v) is 5.28. The van der Waals surface area contributed by atoms with E-state index in [1.807, 2.05) is 0 Å². The number of anilines is 2. The van der Waals surface area contributed by atoms with E-state index in [-0.39, 0.29) is 11.8 Å². The van der Waals surface area contributed by atoms with E-state index in [2.05, 4.69) is 21.3 Å². The first-order valence-corrected chi connectivity index (χ1v) is 7.19. The number of hydrogen-bond acceptors (Lipinski definition) is 4. The van der Waals surface area contributed by atoms with Gasteiger partial charge in [0.1, 0.15) is 6.04 Å². The Labute approximate surface area is 128 Å². The minimum Gasteiger partial charge on any atom is -0.374 e. The third-order valence-corrected chi connectivity index (χ3v) is 3.34.